The molecule has 0 radical (unpaired) electrons. The van der Waals surface area contributed by atoms with Crippen LogP contribution in [-0.4, -0.2) is 133 Å². The molecule has 0 bridgehead atoms. The molecular weight excluding hydrogens is 828 g/mol. The first-order valence-electron chi connectivity index (χ1n) is 22.6. The summed E-state index contributed by atoms with van der Waals surface area (Å²) in [5.74, 6) is 1.20. The molecule has 2 aromatic heterocycles. The van der Waals surface area contributed by atoms with E-state index in [2.05, 4.69) is 35.2 Å². The molecule has 3 aromatic rings. The van der Waals surface area contributed by atoms with Gasteiger partial charge in [-0.2, -0.15) is 18.4 Å². The van der Waals surface area contributed by atoms with Gasteiger partial charge in [0.1, 0.15) is 17.7 Å². The van der Waals surface area contributed by atoms with Gasteiger partial charge < -0.3 is 34.7 Å². The molecule has 2 N–H and O–H groups in total. The molecule has 6 aliphatic rings. The van der Waals surface area contributed by atoms with Gasteiger partial charge in [0.2, 0.25) is 17.7 Å². The van der Waals surface area contributed by atoms with Gasteiger partial charge in [-0.25, -0.2) is 9.97 Å². The lowest BCUT2D eigenvalue weighted by molar-refractivity contribution is -0.138. The summed E-state index contributed by atoms with van der Waals surface area (Å²) < 4.78 is 40.5. The van der Waals surface area contributed by atoms with E-state index in [0.717, 1.165) is 102 Å². The average molecular weight is 882 g/mol. The van der Waals surface area contributed by atoms with Crippen molar-refractivity contribution in [3.8, 4) is 6.07 Å². The number of benzene rings is 1. The number of hydrogen-bond acceptors (Lipinski definition) is 12. The molecule has 1 aromatic carbocycles. The van der Waals surface area contributed by atoms with Crippen molar-refractivity contribution < 1.29 is 32.3 Å². The van der Waals surface area contributed by atoms with Crippen molar-refractivity contribution in [2.45, 2.75) is 63.7 Å². The molecule has 4 amide bonds. The lowest BCUT2D eigenvalue weighted by atomic mass is 9.95. The Morgan fingerprint density at radius 2 is 1.45 bits per heavy atom. The van der Waals surface area contributed by atoms with Gasteiger partial charge in [0, 0.05) is 96.6 Å². The predicted octanol–water partition coefficient (Wildman–Crippen LogP) is 4.34. The Bertz CT molecular complexity index is 2280. The van der Waals surface area contributed by atoms with E-state index in [1.807, 2.05) is 35.4 Å². The molecule has 6 aliphatic heterocycles. The molecule has 5 saturated heterocycles. The molecule has 0 spiro atoms. The monoisotopic (exact) mass is 881 g/mol. The predicted molar refractivity (Wildman–Crippen MR) is 232 cm³/mol. The Hall–Kier alpha value is -5.80. The number of nitriles is 1. The van der Waals surface area contributed by atoms with Crippen molar-refractivity contribution in [3.05, 3.63) is 71.0 Å². The average Bonchev–Trinajstić information content (AvgIpc) is 3.90. The molecule has 8 heterocycles. The maximum Gasteiger partial charge on any atom is 0.417 e. The van der Waals surface area contributed by atoms with E-state index in [4.69, 9.17) is 10.2 Å². The minimum Gasteiger partial charge on any atom is -0.371 e. The van der Waals surface area contributed by atoms with Crippen LogP contribution >= 0.6 is 0 Å². The van der Waals surface area contributed by atoms with Gasteiger partial charge in [0.15, 0.2) is 0 Å². The second kappa shape index (κ2) is 18.4. The van der Waals surface area contributed by atoms with Crippen LogP contribution in [0.15, 0.2) is 48.7 Å². The van der Waals surface area contributed by atoms with Gasteiger partial charge in [0.05, 0.1) is 46.9 Å². The number of anilines is 4. The summed E-state index contributed by atoms with van der Waals surface area (Å²) in [6.07, 6.45) is 2.05. The third kappa shape index (κ3) is 9.51. The fourth-order valence-electron chi connectivity index (χ4n) is 10.4. The molecule has 9 rings (SSSR count). The molecule has 64 heavy (non-hydrogen) atoms. The molecule has 5 fully saturated rings. The number of rotatable bonds is 10. The van der Waals surface area contributed by atoms with E-state index in [1.165, 1.54) is 12.1 Å². The van der Waals surface area contributed by atoms with Crippen molar-refractivity contribution in [3.63, 3.8) is 0 Å². The summed E-state index contributed by atoms with van der Waals surface area (Å²) in [5.41, 5.74) is 1.31. The Morgan fingerprint density at radius 3 is 2.12 bits per heavy atom. The molecule has 15 nitrogen and oxygen atoms in total. The number of imide groups is 1. The van der Waals surface area contributed by atoms with Gasteiger partial charge in [-0.1, -0.05) is 0 Å². The number of carbonyl (C=O) groups is 4. The third-order valence-corrected chi connectivity index (χ3v) is 14.1. The van der Waals surface area contributed by atoms with Crippen LogP contribution in [0.3, 0.4) is 0 Å². The van der Waals surface area contributed by atoms with Gasteiger partial charge in [-0.15, -0.1) is 0 Å². The number of alkyl halides is 3. The maximum absolute atomic E-state index is 13.5. The Labute approximate surface area is 370 Å². The number of nitrogens with one attached hydrogen (secondary N) is 2. The second-order valence-electron chi connectivity index (χ2n) is 18.2. The van der Waals surface area contributed by atoms with Crippen molar-refractivity contribution in [2.75, 3.05) is 98.6 Å². The zero-order valence-electron chi connectivity index (χ0n) is 35.9. The van der Waals surface area contributed by atoms with Crippen LogP contribution in [0.2, 0.25) is 0 Å². The SMILES string of the molecule is N#Cc1ccc(N2CCC(C(=O)Nc3ccc(N4CCC(CN5CCN(C[C@H]6CCN(c7ccc8c(n7)CN(C7CCC(=O)NC7=O)C8=O)C6)CC5)CC4)cn3)CC2)cc1C(F)(F)F. The standard InChI is InChI=1S/C46H54F3N11O4/c47-46(48,49)37-23-34(2-1-33(37)24-50)57-17-12-32(13-18-57)43(62)53-40-6-3-35(25-51-40)58-14-9-30(10-15-58)26-55-19-21-56(22-20-55)27-31-11-16-59(28-31)41-7-4-36-38(52-41)29-60(45(36)64)39-5-8-42(61)54-44(39)63/h1-4,6-7,23,25,30-32,39H,5,8-22,26-29H2,(H,51,53,62)(H,54,61,63)/t31-,39?/m1/s1. The van der Waals surface area contributed by atoms with Crippen molar-refractivity contribution in [1.29, 1.82) is 5.26 Å². The van der Waals surface area contributed by atoms with E-state index >= 15 is 0 Å². The van der Waals surface area contributed by atoms with Crippen LogP contribution in [0.1, 0.15) is 72.1 Å². The van der Waals surface area contributed by atoms with Gasteiger partial charge in [0.25, 0.3) is 5.91 Å². The number of piperazine rings is 1. The molecule has 2 atom stereocenters. The summed E-state index contributed by atoms with van der Waals surface area (Å²) in [7, 11) is 0. The smallest absolute Gasteiger partial charge is 0.371 e. The van der Waals surface area contributed by atoms with Crippen LogP contribution in [0.5, 0.6) is 0 Å². The van der Waals surface area contributed by atoms with Crippen molar-refractivity contribution in [1.82, 2.24) is 30.0 Å². The summed E-state index contributed by atoms with van der Waals surface area (Å²) >= 11 is 0. The van der Waals surface area contributed by atoms with Crippen molar-refractivity contribution >= 4 is 46.6 Å². The molecular formula is C46H54F3N11O4. The highest BCUT2D eigenvalue weighted by Gasteiger charge is 2.41. The van der Waals surface area contributed by atoms with Gasteiger partial charge in [-0.05, 0) is 92.8 Å². The highest BCUT2D eigenvalue weighted by molar-refractivity contribution is 6.05. The Balaban J connectivity index is 0.665. The number of hydrogen-bond donors (Lipinski definition) is 2. The Kier molecular flexibility index (Phi) is 12.5. The summed E-state index contributed by atoms with van der Waals surface area (Å²) in [5, 5.41) is 14.4. The van der Waals surface area contributed by atoms with E-state index in [9.17, 15) is 32.3 Å². The first-order chi connectivity index (χ1) is 30.9. The minimum atomic E-state index is -4.62. The summed E-state index contributed by atoms with van der Waals surface area (Å²) in [4.78, 5) is 73.0. The maximum atomic E-state index is 13.5. The van der Waals surface area contributed by atoms with Crippen LogP contribution < -0.4 is 25.3 Å². The number of piperidine rings is 3. The van der Waals surface area contributed by atoms with Crippen LogP contribution in [0.25, 0.3) is 0 Å². The third-order valence-electron chi connectivity index (χ3n) is 14.1. The Morgan fingerprint density at radius 1 is 0.797 bits per heavy atom. The molecule has 18 heteroatoms. The summed E-state index contributed by atoms with van der Waals surface area (Å²) in [6.45, 7) is 11.3. The molecule has 0 aliphatic carbocycles. The van der Waals surface area contributed by atoms with E-state index in [-0.39, 0.29) is 36.6 Å². The van der Waals surface area contributed by atoms with Crippen LogP contribution in [0.4, 0.5) is 36.2 Å². The quantitative estimate of drug-likeness (QED) is 0.278. The zero-order chi connectivity index (χ0) is 44.5. The van der Waals surface area contributed by atoms with Crippen LogP contribution in [0, 0.1) is 29.1 Å². The number of nitrogens with zero attached hydrogens (tertiary/aromatic N) is 9. The lowest BCUT2D eigenvalue weighted by Gasteiger charge is -2.40. The second-order valence-corrected chi connectivity index (χ2v) is 18.2. The number of pyridine rings is 2. The van der Waals surface area contributed by atoms with E-state index in [1.54, 1.807) is 11.0 Å². The van der Waals surface area contributed by atoms with Crippen LogP contribution in [-0.2, 0) is 27.1 Å². The fourth-order valence-corrected chi connectivity index (χ4v) is 10.4. The summed E-state index contributed by atoms with van der Waals surface area (Å²) in [6, 6.07) is 12.3. The first kappa shape index (κ1) is 43.5. The topological polar surface area (TPSA) is 161 Å². The molecule has 1 unspecified atom stereocenters. The first-order valence-corrected chi connectivity index (χ1v) is 22.6. The lowest BCUT2D eigenvalue weighted by Crippen LogP contribution is -2.52. The highest BCUT2D eigenvalue weighted by Crippen LogP contribution is 2.36. The number of carbonyl (C=O) groups excluding carboxylic acids is 4. The molecule has 338 valence electrons. The number of amides is 4. The number of aromatic nitrogens is 2. The normalized spacial score (nSPS) is 23.1. The molecule has 0 saturated carbocycles. The van der Waals surface area contributed by atoms with Gasteiger partial charge >= 0.3 is 6.18 Å². The highest BCUT2D eigenvalue weighted by atomic mass is 19.4. The van der Waals surface area contributed by atoms with E-state index in [0.29, 0.717) is 67.0 Å². The minimum absolute atomic E-state index is 0.143. The largest absolute Gasteiger partial charge is 0.417 e. The van der Waals surface area contributed by atoms with E-state index < -0.39 is 29.3 Å². The zero-order valence-corrected chi connectivity index (χ0v) is 35.9. The fraction of sp³-hybridized carbons (Fsp3) is 0.543. The van der Waals surface area contributed by atoms with Crippen molar-refractivity contribution in [2.24, 2.45) is 17.8 Å². The van der Waals surface area contributed by atoms with Gasteiger partial charge in [-0.3, -0.25) is 24.5 Å². The number of halogens is 3. The number of fused-ring (bicyclic) bond motifs is 1.